The molecule has 2 rings (SSSR count). The van der Waals surface area contributed by atoms with Crippen LogP contribution in [0.4, 0.5) is 0 Å². The molecule has 0 fully saturated rings. The minimum atomic E-state index is -0.0452. The molecule has 0 saturated carbocycles. The number of H-pyrrole nitrogens is 1. The van der Waals surface area contributed by atoms with Gasteiger partial charge in [-0.25, -0.2) is 0 Å². The van der Waals surface area contributed by atoms with E-state index in [9.17, 15) is 4.79 Å². The maximum atomic E-state index is 11.1. The second-order valence-electron chi connectivity index (χ2n) is 2.97. The summed E-state index contributed by atoms with van der Waals surface area (Å²) in [5.74, 6) is 1.04. The van der Waals surface area contributed by atoms with Crippen molar-refractivity contribution in [2.75, 3.05) is 5.75 Å². The van der Waals surface area contributed by atoms with Crippen LogP contribution in [0.3, 0.4) is 0 Å². The van der Waals surface area contributed by atoms with Crippen LogP contribution < -0.4 is 5.56 Å². The van der Waals surface area contributed by atoms with Crippen LogP contribution in [0.5, 0.6) is 0 Å². The van der Waals surface area contributed by atoms with E-state index in [2.05, 4.69) is 18.0 Å². The number of benzene rings is 1. The highest BCUT2D eigenvalue weighted by molar-refractivity contribution is 7.99. The summed E-state index contributed by atoms with van der Waals surface area (Å²) in [4.78, 5) is 15.1. The van der Waals surface area contributed by atoms with Crippen LogP contribution in [0.2, 0.25) is 0 Å². The Hall–Kier alpha value is -1.22. The second kappa shape index (κ2) is 3.88. The van der Waals surface area contributed by atoms with Gasteiger partial charge >= 0.3 is 0 Å². The Morgan fingerprint density at radius 2 is 2.14 bits per heavy atom. The predicted octanol–water partition coefficient (Wildman–Crippen LogP) is 2.64. The SMILES string of the molecule is CCSc1cccc2[nH]c(=O)ccc12. The largest absolute Gasteiger partial charge is 0.322 e. The number of hydrogen-bond acceptors (Lipinski definition) is 2. The Balaban J connectivity index is 2.68. The highest BCUT2D eigenvalue weighted by Crippen LogP contribution is 2.25. The quantitative estimate of drug-likeness (QED) is 0.764. The normalized spacial score (nSPS) is 10.6. The van der Waals surface area contributed by atoms with E-state index in [1.54, 1.807) is 17.8 Å². The fraction of sp³-hybridized carbons (Fsp3) is 0.182. The van der Waals surface area contributed by atoms with Gasteiger partial charge in [0.1, 0.15) is 0 Å². The zero-order valence-corrected chi connectivity index (χ0v) is 8.73. The van der Waals surface area contributed by atoms with Gasteiger partial charge in [0, 0.05) is 21.9 Å². The van der Waals surface area contributed by atoms with E-state index in [1.165, 1.54) is 4.90 Å². The molecule has 2 aromatic rings. The smallest absolute Gasteiger partial charge is 0.248 e. The van der Waals surface area contributed by atoms with Crippen molar-refractivity contribution in [3.8, 4) is 0 Å². The molecular formula is C11H11NOS. The maximum absolute atomic E-state index is 11.1. The number of fused-ring (bicyclic) bond motifs is 1. The first-order chi connectivity index (χ1) is 6.81. The van der Waals surface area contributed by atoms with Crippen LogP contribution in [-0.2, 0) is 0 Å². The molecule has 0 aliphatic carbocycles. The van der Waals surface area contributed by atoms with Gasteiger partial charge in [0.2, 0.25) is 5.56 Å². The zero-order chi connectivity index (χ0) is 9.97. The lowest BCUT2D eigenvalue weighted by Crippen LogP contribution is -2.02. The van der Waals surface area contributed by atoms with Gasteiger partial charge in [0.05, 0.1) is 0 Å². The molecule has 1 N–H and O–H groups in total. The molecule has 0 bridgehead atoms. The van der Waals surface area contributed by atoms with E-state index < -0.39 is 0 Å². The van der Waals surface area contributed by atoms with Crippen LogP contribution in [-0.4, -0.2) is 10.7 Å². The second-order valence-corrected chi connectivity index (χ2v) is 4.28. The number of pyridine rings is 1. The number of thioether (sulfide) groups is 1. The first kappa shape index (κ1) is 9.34. The van der Waals surface area contributed by atoms with Crippen molar-refractivity contribution in [3.63, 3.8) is 0 Å². The summed E-state index contributed by atoms with van der Waals surface area (Å²) < 4.78 is 0. The molecule has 0 radical (unpaired) electrons. The van der Waals surface area contributed by atoms with Gasteiger partial charge in [-0.15, -0.1) is 11.8 Å². The summed E-state index contributed by atoms with van der Waals surface area (Å²) in [6, 6.07) is 9.43. The molecule has 0 spiro atoms. The summed E-state index contributed by atoms with van der Waals surface area (Å²) in [7, 11) is 0. The monoisotopic (exact) mass is 205 g/mol. The van der Waals surface area contributed by atoms with Gasteiger partial charge in [-0.3, -0.25) is 4.79 Å². The highest BCUT2D eigenvalue weighted by Gasteiger charge is 2.00. The topological polar surface area (TPSA) is 32.9 Å². The van der Waals surface area contributed by atoms with Gasteiger partial charge in [-0.05, 0) is 24.0 Å². The minimum absolute atomic E-state index is 0.0452. The molecular weight excluding hydrogens is 194 g/mol. The van der Waals surface area contributed by atoms with E-state index in [1.807, 2.05) is 18.2 Å². The summed E-state index contributed by atoms with van der Waals surface area (Å²) >= 11 is 1.79. The average molecular weight is 205 g/mol. The molecule has 0 aliphatic heterocycles. The highest BCUT2D eigenvalue weighted by atomic mass is 32.2. The lowest BCUT2D eigenvalue weighted by atomic mass is 10.2. The summed E-state index contributed by atoms with van der Waals surface area (Å²) in [6.45, 7) is 2.12. The standard InChI is InChI=1S/C11H11NOS/c1-2-14-10-5-3-4-9-8(10)6-7-11(13)12-9/h3-7H,2H2,1H3,(H,12,13). The Labute approximate surface area is 86.3 Å². The Bertz CT molecular complexity index is 504. The molecule has 0 saturated heterocycles. The molecule has 3 heteroatoms. The number of nitrogens with one attached hydrogen (secondary N) is 1. The van der Waals surface area contributed by atoms with Crippen LogP contribution in [0.25, 0.3) is 10.9 Å². The Morgan fingerprint density at radius 1 is 1.29 bits per heavy atom. The molecule has 0 amide bonds. The molecule has 1 heterocycles. The summed E-state index contributed by atoms with van der Waals surface area (Å²) in [5, 5.41) is 1.12. The fourth-order valence-corrected chi connectivity index (χ4v) is 2.26. The van der Waals surface area contributed by atoms with E-state index in [0.29, 0.717) is 0 Å². The van der Waals surface area contributed by atoms with Crippen molar-refractivity contribution in [3.05, 3.63) is 40.7 Å². The zero-order valence-electron chi connectivity index (χ0n) is 7.91. The predicted molar refractivity (Wildman–Crippen MR) is 61.0 cm³/mol. The number of hydrogen-bond donors (Lipinski definition) is 1. The third kappa shape index (κ3) is 1.68. The van der Waals surface area contributed by atoms with Crippen molar-refractivity contribution in [2.24, 2.45) is 0 Å². The Kier molecular flexibility index (Phi) is 2.59. The van der Waals surface area contributed by atoms with Crippen molar-refractivity contribution < 1.29 is 0 Å². The lowest BCUT2D eigenvalue weighted by Gasteiger charge is -2.03. The fourth-order valence-electron chi connectivity index (χ4n) is 1.44. The number of rotatable bonds is 2. The molecule has 0 atom stereocenters. The van der Waals surface area contributed by atoms with E-state index in [-0.39, 0.29) is 5.56 Å². The molecule has 72 valence electrons. The molecule has 2 nitrogen and oxygen atoms in total. The van der Waals surface area contributed by atoms with Gasteiger partial charge in [0.25, 0.3) is 0 Å². The molecule has 0 aliphatic rings. The Morgan fingerprint density at radius 3 is 2.93 bits per heavy atom. The number of aromatic amines is 1. The van der Waals surface area contributed by atoms with Crippen LogP contribution >= 0.6 is 11.8 Å². The van der Waals surface area contributed by atoms with Crippen molar-refractivity contribution in [1.29, 1.82) is 0 Å². The molecule has 14 heavy (non-hydrogen) atoms. The molecule has 0 unspecified atom stereocenters. The molecule has 1 aromatic carbocycles. The first-order valence-electron chi connectivity index (χ1n) is 4.56. The van der Waals surface area contributed by atoms with Crippen LogP contribution in [0.1, 0.15) is 6.92 Å². The minimum Gasteiger partial charge on any atom is -0.322 e. The third-order valence-electron chi connectivity index (χ3n) is 2.03. The van der Waals surface area contributed by atoms with Crippen LogP contribution in [0.15, 0.2) is 40.0 Å². The molecule has 1 aromatic heterocycles. The van der Waals surface area contributed by atoms with Gasteiger partial charge in [0.15, 0.2) is 0 Å². The maximum Gasteiger partial charge on any atom is 0.248 e. The van der Waals surface area contributed by atoms with E-state index in [4.69, 9.17) is 0 Å². The van der Waals surface area contributed by atoms with Crippen molar-refractivity contribution in [2.45, 2.75) is 11.8 Å². The van der Waals surface area contributed by atoms with E-state index in [0.717, 1.165) is 16.7 Å². The van der Waals surface area contributed by atoms with Gasteiger partial charge in [-0.2, -0.15) is 0 Å². The van der Waals surface area contributed by atoms with Crippen LogP contribution in [0, 0.1) is 0 Å². The summed E-state index contributed by atoms with van der Waals surface area (Å²) in [6.07, 6.45) is 0. The average Bonchev–Trinajstić information content (AvgIpc) is 2.18. The van der Waals surface area contributed by atoms with E-state index >= 15 is 0 Å². The van der Waals surface area contributed by atoms with Crippen molar-refractivity contribution in [1.82, 2.24) is 4.98 Å². The first-order valence-corrected chi connectivity index (χ1v) is 5.54. The van der Waals surface area contributed by atoms with Gasteiger partial charge < -0.3 is 4.98 Å². The lowest BCUT2D eigenvalue weighted by molar-refractivity contribution is 1.29. The van der Waals surface area contributed by atoms with Crippen molar-refractivity contribution >= 4 is 22.7 Å². The van der Waals surface area contributed by atoms with Gasteiger partial charge in [-0.1, -0.05) is 13.0 Å². The summed E-state index contributed by atoms with van der Waals surface area (Å²) in [5.41, 5.74) is 0.868. The number of aromatic nitrogens is 1. The third-order valence-corrected chi connectivity index (χ3v) is 2.98.